The van der Waals surface area contributed by atoms with E-state index in [0.29, 0.717) is 6.54 Å². The zero-order valence-corrected chi connectivity index (χ0v) is 18.9. The van der Waals surface area contributed by atoms with Crippen molar-refractivity contribution < 1.29 is 0 Å². The summed E-state index contributed by atoms with van der Waals surface area (Å²) in [5, 5.41) is 5.12. The number of benzene rings is 2. The third-order valence-corrected chi connectivity index (χ3v) is 6.47. The number of hydrogen-bond acceptors (Lipinski definition) is 5. The quantitative estimate of drug-likeness (QED) is 0.452. The van der Waals surface area contributed by atoms with Crippen LogP contribution in [0.3, 0.4) is 0 Å². The second-order valence-corrected chi connectivity index (χ2v) is 8.80. The molecule has 6 nitrogen and oxygen atoms in total. The molecule has 0 saturated carbocycles. The highest BCUT2D eigenvalue weighted by Crippen LogP contribution is 2.28. The van der Waals surface area contributed by atoms with Crippen LogP contribution in [0.15, 0.2) is 60.9 Å². The Morgan fingerprint density at radius 3 is 2.56 bits per heavy atom. The second kappa shape index (κ2) is 9.28. The maximum absolute atomic E-state index is 6.29. The number of likely N-dealkylation sites (N-methyl/N-ethyl adjacent to an activating group) is 1. The summed E-state index contributed by atoms with van der Waals surface area (Å²) >= 11 is 6.29. The van der Waals surface area contributed by atoms with E-state index >= 15 is 0 Å². The van der Waals surface area contributed by atoms with Crippen molar-refractivity contribution in [3.63, 3.8) is 0 Å². The van der Waals surface area contributed by atoms with Crippen LogP contribution in [-0.4, -0.2) is 58.0 Å². The number of H-pyrrole nitrogens is 1. The first-order valence-corrected chi connectivity index (χ1v) is 11.3. The lowest BCUT2D eigenvalue weighted by molar-refractivity contribution is 0.148. The van der Waals surface area contributed by atoms with Crippen molar-refractivity contribution >= 4 is 28.5 Å². The van der Waals surface area contributed by atoms with Crippen molar-refractivity contribution in [2.24, 2.45) is 0 Å². The Morgan fingerprint density at radius 2 is 1.78 bits per heavy atom. The van der Waals surface area contributed by atoms with E-state index in [1.165, 1.54) is 5.56 Å². The van der Waals surface area contributed by atoms with Crippen molar-refractivity contribution in [2.45, 2.75) is 13.1 Å². The van der Waals surface area contributed by atoms with Crippen molar-refractivity contribution in [1.29, 1.82) is 0 Å². The highest BCUT2D eigenvalue weighted by Gasteiger charge is 2.14. The molecule has 0 radical (unpaired) electrons. The van der Waals surface area contributed by atoms with Crippen LogP contribution in [-0.2, 0) is 13.1 Å². The standard InChI is InChI=1S/C25H27ClN6/c1-31-10-12-32(13-11-31)16-18-6-8-19(9-7-18)23-14-21-24(28-17-29-25(21)30-23)27-15-20-4-2-3-5-22(20)26/h2-9,14,17H,10-13,15-16H2,1H3,(H2,27,28,29,30). The number of aromatic amines is 1. The molecular weight excluding hydrogens is 420 g/mol. The van der Waals surface area contributed by atoms with Gasteiger partial charge < -0.3 is 15.2 Å². The van der Waals surface area contributed by atoms with Gasteiger partial charge in [-0.15, -0.1) is 0 Å². The highest BCUT2D eigenvalue weighted by molar-refractivity contribution is 6.31. The number of hydrogen-bond donors (Lipinski definition) is 2. The number of nitrogens with zero attached hydrogens (tertiary/aromatic N) is 4. The van der Waals surface area contributed by atoms with E-state index in [0.717, 1.165) is 71.4 Å². The van der Waals surface area contributed by atoms with Gasteiger partial charge in [0.15, 0.2) is 0 Å². The number of fused-ring (bicyclic) bond motifs is 1. The van der Waals surface area contributed by atoms with Crippen LogP contribution in [0, 0.1) is 0 Å². The predicted octanol–water partition coefficient (Wildman–Crippen LogP) is 4.64. The fourth-order valence-electron chi connectivity index (χ4n) is 4.11. The number of piperazine rings is 1. The van der Waals surface area contributed by atoms with E-state index < -0.39 is 0 Å². The molecule has 4 aromatic rings. The second-order valence-electron chi connectivity index (χ2n) is 8.39. The Labute approximate surface area is 193 Å². The lowest BCUT2D eigenvalue weighted by Crippen LogP contribution is -2.43. The van der Waals surface area contributed by atoms with Crippen molar-refractivity contribution in [3.8, 4) is 11.3 Å². The summed E-state index contributed by atoms with van der Waals surface area (Å²) < 4.78 is 0. The first-order chi connectivity index (χ1) is 15.7. The van der Waals surface area contributed by atoms with E-state index in [1.54, 1.807) is 6.33 Å². The minimum Gasteiger partial charge on any atom is -0.365 e. The van der Waals surface area contributed by atoms with E-state index in [9.17, 15) is 0 Å². The number of rotatable bonds is 6. The van der Waals surface area contributed by atoms with Crippen molar-refractivity contribution in [3.05, 3.63) is 77.1 Å². The Bertz CT molecular complexity index is 1190. The molecule has 2 aromatic heterocycles. The minimum absolute atomic E-state index is 0.604. The zero-order chi connectivity index (χ0) is 21.9. The van der Waals surface area contributed by atoms with Gasteiger partial charge in [0.05, 0.1) is 5.39 Å². The molecule has 5 rings (SSSR count). The summed E-state index contributed by atoms with van der Waals surface area (Å²) in [4.78, 5) is 17.2. The molecule has 2 aromatic carbocycles. The van der Waals surface area contributed by atoms with Crippen LogP contribution in [0.4, 0.5) is 5.82 Å². The van der Waals surface area contributed by atoms with Crippen LogP contribution >= 0.6 is 11.6 Å². The fourth-order valence-corrected chi connectivity index (χ4v) is 4.31. The number of anilines is 1. The van der Waals surface area contributed by atoms with Crippen LogP contribution < -0.4 is 5.32 Å². The maximum atomic E-state index is 6.29. The lowest BCUT2D eigenvalue weighted by Gasteiger charge is -2.32. The Kier molecular flexibility index (Phi) is 6.08. The Balaban J connectivity index is 1.31. The molecule has 0 bridgehead atoms. The zero-order valence-electron chi connectivity index (χ0n) is 18.2. The number of nitrogens with one attached hydrogen (secondary N) is 2. The van der Waals surface area contributed by atoms with E-state index in [4.69, 9.17) is 11.6 Å². The molecule has 1 saturated heterocycles. The van der Waals surface area contributed by atoms with Gasteiger partial charge in [-0.05, 0) is 35.9 Å². The van der Waals surface area contributed by atoms with Crippen molar-refractivity contribution in [2.75, 3.05) is 38.5 Å². The molecule has 0 amide bonds. The molecule has 1 aliphatic rings. The van der Waals surface area contributed by atoms with Crippen LogP contribution in [0.2, 0.25) is 5.02 Å². The molecule has 7 heteroatoms. The van der Waals surface area contributed by atoms with Gasteiger partial charge in [0.1, 0.15) is 17.8 Å². The summed E-state index contributed by atoms with van der Waals surface area (Å²) in [5.74, 6) is 0.795. The first kappa shape index (κ1) is 20.9. The smallest absolute Gasteiger partial charge is 0.143 e. The number of aromatic nitrogens is 3. The maximum Gasteiger partial charge on any atom is 0.143 e. The summed E-state index contributed by atoms with van der Waals surface area (Å²) in [6, 6.07) is 18.8. The average Bonchev–Trinajstić information content (AvgIpc) is 3.26. The fraction of sp³-hybridized carbons (Fsp3) is 0.280. The molecule has 0 atom stereocenters. The molecule has 32 heavy (non-hydrogen) atoms. The van der Waals surface area contributed by atoms with E-state index in [-0.39, 0.29) is 0 Å². The van der Waals surface area contributed by atoms with E-state index in [2.05, 4.69) is 67.4 Å². The van der Waals surface area contributed by atoms with Gasteiger partial charge in [-0.1, -0.05) is 54.1 Å². The van der Waals surface area contributed by atoms with Gasteiger partial charge in [-0.25, -0.2) is 9.97 Å². The van der Waals surface area contributed by atoms with Gasteiger partial charge in [-0.2, -0.15) is 0 Å². The van der Waals surface area contributed by atoms with Gasteiger partial charge >= 0.3 is 0 Å². The van der Waals surface area contributed by atoms with E-state index in [1.807, 2.05) is 24.3 Å². The molecule has 1 fully saturated rings. The third kappa shape index (κ3) is 4.63. The lowest BCUT2D eigenvalue weighted by atomic mass is 10.1. The molecule has 0 spiro atoms. The Hall–Kier alpha value is -2.93. The third-order valence-electron chi connectivity index (χ3n) is 6.10. The molecule has 164 valence electrons. The predicted molar refractivity (Wildman–Crippen MR) is 131 cm³/mol. The SMILES string of the molecule is CN1CCN(Cc2ccc(-c3cc4c(NCc5ccccc5Cl)ncnc4[nH]3)cc2)CC1. The largest absolute Gasteiger partial charge is 0.365 e. The molecule has 0 unspecified atom stereocenters. The molecule has 2 N–H and O–H groups in total. The average molecular weight is 447 g/mol. The van der Waals surface area contributed by atoms with Gasteiger partial charge in [0.25, 0.3) is 0 Å². The summed E-state index contributed by atoms with van der Waals surface area (Å²) in [6.45, 7) is 6.14. The highest BCUT2D eigenvalue weighted by atomic mass is 35.5. The number of halogens is 1. The normalized spacial score (nSPS) is 15.3. The molecule has 3 heterocycles. The van der Waals surface area contributed by atoms with Gasteiger partial charge in [0, 0.05) is 50.0 Å². The van der Waals surface area contributed by atoms with Crippen molar-refractivity contribution in [1.82, 2.24) is 24.8 Å². The van der Waals surface area contributed by atoms with Gasteiger partial charge in [-0.3, -0.25) is 4.90 Å². The van der Waals surface area contributed by atoms with Crippen LogP contribution in [0.1, 0.15) is 11.1 Å². The summed E-state index contributed by atoms with van der Waals surface area (Å²) in [5.41, 5.74) is 5.37. The summed E-state index contributed by atoms with van der Waals surface area (Å²) in [7, 11) is 2.19. The van der Waals surface area contributed by atoms with Crippen LogP contribution in [0.25, 0.3) is 22.3 Å². The molecule has 0 aliphatic carbocycles. The topological polar surface area (TPSA) is 60.1 Å². The minimum atomic E-state index is 0.604. The monoisotopic (exact) mass is 446 g/mol. The van der Waals surface area contributed by atoms with Crippen LogP contribution in [0.5, 0.6) is 0 Å². The molecular formula is C25H27ClN6. The Morgan fingerprint density at radius 1 is 1.00 bits per heavy atom. The first-order valence-electron chi connectivity index (χ1n) is 11.0. The van der Waals surface area contributed by atoms with Gasteiger partial charge in [0.2, 0.25) is 0 Å². The molecule has 1 aliphatic heterocycles. The summed E-state index contributed by atoms with van der Waals surface area (Å²) in [6.07, 6.45) is 1.58.